The number of benzene rings is 2. The smallest absolute Gasteiger partial charge is 0.337 e. The van der Waals surface area contributed by atoms with Crippen molar-refractivity contribution in [3.8, 4) is 0 Å². The van der Waals surface area contributed by atoms with Crippen molar-refractivity contribution in [3.05, 3.63) is 57.6 Å². The second kappa shape index (κ2) is 5.97. The van der Waals surface area contributed by atoms with E-state index in [1.807, 2.05) is 6.92 Å². The molecule has 0 atom stereocenters. The molecule has 5 nitrogen and oxygen atoms in total. The number of carbonyl (C=O) groups excluding carboxylic acids is 1. The number of amides is 1. The van der Waals surface area contributed by atoms with Gasteiger partial charge in [-0.25, -0.2) is 4.79 Å². The van der Waals surface area contributed by atoms with Gasteiger partial charge in [0.05, 0.1) is 11.3 Å². The first-order valence-corrected chi connectivity index (χ1v) is 6.88. The highest BCUT2D eigenvalue weighted by Crippen LogP contribution is 2.21. The van der Waals surface area contributed by atoms with E-state index < -0.39 is 5.97 Å². The normalized spacial score (nSPS) is 10.2. The average Bonchev–Trinajstić information content (AvgIpc) is 2.43. The summed E-state index contributed by atoms with van der Waals surface area (Å²) in [7, 11) is 0. The molecule has 0 saturated carbocycles. The van der Waals surface area contributed by atoms with Crippen LogP contribution in [0.4, 0.5) is 11.4 Å². The number of nitrogens with two attached hydrogens (primary N) is 1. The van der Waals surface area contributed by atoms with Gasteiger partial charge in [0.2, 0.25) is 0 Å². The van der Waals surface area contributed by atoms with E-state index in [0.29, 0.717) is 11.3 Å². The highest BCUT2D eigenvalue weighted by atomic mass is 79.9. The molecule has 0 spiro atoms. The molecule has 0 radical (unpaired) electrons. The number of carbonyl (C=O) groups is 2. The third kappa shape index (κ3) is 3.41. The number of anilines is 2. The standard InChI is InChI=1S/C15H13BrN2O3/c1-8-6-9(2-4-12(8)16)14(19)18-13-5-3-10(17)7-11(13)15(20)21/h2-7H,17H2,1H3,(H,18,19)(H,20,21). The molecule has 1 amide bonds. The molecule has 2 aromatic carbocycles. The van der Waals surface area contributed by atoms with Gasteiger partial charge in [-0.1, -0.05) is 15.9 Å². The molecule has 0 aliphatic carbocycles. The van der Waals surface area contributed by atoms with Gasteiger partial charge in [-0.3, -0.25) is 4.79 Å². The summed E-state index contributed by atoms with van der Waals surface area (Å²) in [5, 5.41) is 11.7. The summed E-state index contributed by atoms with van der Waals surface area (Å²) >= 11 is 3.36. The monoisotopic (exact) mass is 348 g/mol. The highest BCUT2D eigenvalue weighted by molar-refractivity contribution is 9.10. The van der Waals surface area contributed by atoms with Crippen LogP contribution < -0.4 is 11.1 Å². The molecule has 0 bridgehead atoms. The van der Waals surface area contributed by atoms with Crippen LogP contribution in [-0.4, -0.2) is 17.0 Å². The fourth-order valence-electron chi connectivity index (χ4n) is 1.83. The fraction of sp³-hybridized carbons (Fsp3) is 0.0667. The summed E-state index contributed by atoms with van der Waals surface area (Å²) in [5.74, 6) is -1.53. The van der Waals surface area contributed by atoms with E-state index in [0.717, 1.165) is 10.0 Å². The summed E-state index contributed by atoms with van der Waals surface area (Å²) in [4.78, 5) is 23.4. The van der Waals surface area contributed by atoms with Crippen molar-refractivity contribution in [2.45, 2.75) is 6.92 Å². The van der Waals surface area contributed by atoms with Crippen LogP contribution in [0.25, 0.3) is 0 Å². The molecule has 0 fully saturated rings. The lowest BCUT2D eigenvalue weighted by Crippen LogP contribution is -2.15. The van der Waals surface area contributed by atoms with E-state index in [4.69, 9.17) is 10.8 Å². The number of nitrogens with one attached hydrogen (secondary N) is 1. The first-order chi connectivity index (χ1) is 9.88. The van der Waals surface area contributed by atoms with E-state index in [2.05, 4.69) is 21.2 Å². The lowest BCUT2D eigenvalue weighted by atomic mass is 10.1. The molecule has 0 saturated heterocycles. The number of carboxylic acid groups (broad SMARTS) is 1. The van der Waals surface area contributed by atoms with Crippen LogP contribution >= 0.6 is 15.9 Å². The van der Waals surface area contributed by atoms with Crippen LogP contribution in [0.1, 0.15) is 26.3 Å². The predicted octanol–water partition coefficient (Wildman–Crippen LogP) is 3.29. The van der Waals surface area contributed by atoms with Crippen LogP contribution in [0, 0.1) is 6.92 Å². The SMILES string of the molecule is Cc1cc(C(=O)Nc2ccc(N)cc2C(=O)O)ccc1Br. The van der Waals surface area contributed by atoms with Crippen molar-refractivity contribution in [2.75, 3.05) is 11.1 Å². The summed E-state index contributed by atoms with van der Waals surface area (Å²) < 4.78 is 0.901. The van der Waals surface area contributed by atoms with Crippen molar-refractivity contribution >= 4 is 39.2 Å². The van der Waals surface area contributed by atoms with Gasteiger partial charge in [0.1, 0.15) is 0 Å². The fourth-order valence-corrected chi connectivity index (χ4v) is 2.07. The zero-order valence-electron chi connectivity index (χ0n) is 11.2. The molecule has 0 unspecified atom stereocenters. The number of hydrogen-bond donors (Lipinski definition) is 3. The largest absolute Gasteiger partial charge is 0.478 e. The Labute approximate surface area is 129 Å². The van der Waals surface area contributed by atoms with E-state index in [-0.39, 0.29) is 17.2 Å². The third-order valence-electron chi connectivity index (χ3n) is 2.94. The summed E-state index contributed by atoms with van der Waals surface area (Å²) in [5.41, 5.74) is 7.42. The quantitative estimate of drug-likeness (QED) is 0.742. The van der Waals surface area contributed by atoms with Gasteiger partial charge in [-0.05, 0) is 48.9 Å². The Kier molecular flexibility index (Phi) is 4.28. The molecule has 0 aromatic heterocycles. The van der Waals surface area contributed by atoms with Gasteiger partial charge >= 0.3 is 5.97 Å². The van der Waals surface area contributed by atoms with Crippen molar-refractivity contribution < 1.29 is 14.7 Å². The zero-order valence-corrected chi connectivity index (χ0v) is 12.8. The number of halogens is 1. The Balaban J connectivity index is 2.31. The average molecular weight is 349 g/mol. The zero-order chi connectivity index (χ0) is 15.6. The van der Waals surface area contributed by atoms with Gasteiger partial charge in [-0.2, -0.15) is 0 Å². The van der Waals surface area contributed by atoms with E-state index in [1.165, 1.54) is 18.2 Å². The van der Waals surface area contributed by atoms with Crippen LogP contribution in [0.5, 0.6) is 0 Å². The van der Waals surface area contributed by atoms with Crippen LogP contribution in [0.2, 0.25) is 0 Å². The number of rotatable bonds is 3. The minimum absolute atomic E-state index is 0.0443. The lowest BCUT2D eigenvalue weighted by Gasteiger charge is -2.10. The Morgan fingerprint density at radius 1 is 1.19 bits per heavy atom. The Hall–Kier alpha value is -2.34. The topological polar surface area (TPSA) is 92.4 Å². The van der Waals surface area contributed by atoms with Gasteiger partial charge in [-0.15, -0.1) is 0 Å². The summed E-state index contributed by atoms with van der Waals surface area (Å²) in [6, 6.07) is 9.47. The van der Waals surface area contributed by atoms with E-state index in [9.17, 15) is 9.59 Å². The molecule has 2 rings (SSSR count). The van der Waals surface area contributed by atoms with Crippen LogP contribution in [0.15, 0.2) is 40.9 Å². The molecule has 0 aliphatic rings. The Bertz CT molecular complexity index is 729. The first kappa shape index (κ1) is 15.1. The van der Waals surface area contributed by atoms with Crippen molar-refractivity contribution in [3.63, 3.8) is 0 Å². The number of aromatic carboxylic acids is 1. The number of carboxylic acids is 1. The van der Waals surface area contributed by atoms with Gasteiger partial charge < -0.3 is 16.2 Å². The molecule has 0 heterocycles. The lowest BCUT2D eigenvalue weighted by molar-refractivity contribution is 0.0698. The molecule has 0 aliphatic heterocycles. The molecule has 6 heteroatoms. The molecular formula is C15H13BrN2O3. The molecule has 2 aromatic rings. The highest BCUT2D eigenvalue weighted by Gasteiger charge is 2.14. The van der Waals surface area contributed by atoms with Gasteiger partial charge in [0.25, 0.3) is 5.91 Å². The van der Waals surface area contributed by atoms with E-state index >= 15 is 0 Å². The first-order valence-electron chi connectivity index (χ1n) is 6.09. The summed E-state index contributed by atoms with van der Waals surface area (Å²) in [6.45, 7) is 1.87. The maximum Gasteiger partial charge on any atom is 0.337 e. The van der Waals surface area contributed by atoms with Crippen molar-refractivity contribution in [2.24, 2.45) is 0 Å². The Morgan fingerprint density at radius 2 is 1.90 bits per heavy atom. The maximum absolute atomic E-state index is 12.2. The molecule has 21 heavy (non-hydrogen) atoms. The minimum Gasteiger partial charge on any atom is -0.478 e. The third-order valence-corrected chi connectivity index (χ3v) is 3.83. The molecule has 4 N–H and O–H groups in total. The van der Waals surface area contributed by atoms with Gasteiger partial charge in [0, 0.05) is 15.7 Å². The predicted molar refractivity (Wildman–Crippen MR) is 84.6 cm³/mol. The number of nitrogen functional groups attached to an aromatic ring is 1. The molecular weight excluding hydrogens is 336 g/mol. The number of aryl methyl sites for hydroxylation is 1. The van der Waals surface area contributed by atoms with Crippen molar-refractivity contribution in [1.82, 2.24) is 0 Å². The second-order valence-electron chi connectivity index (χ2n) is 4.53. The van der Waals surface area contributed by atoms with Gasteiger partial charge in [0.15, 0.2) is 0 Å². The Morgan fingerprint density at radius 3 is 2.52 bits per heavy atom. The maximum atomic E-state index is 12.2. The molecule has 108 valence electrons. The van der Waals surface area contributed by atoms with Crippen LogP contribution in [-0.2, 0) is 0 Å². The summed E-state index contributed by atoms with van der Waals surface area (Å²) in [6.07, 6.45) is 0. The van der Waals surface area contributed by atoms with Crippen LogP contribution in [0.3, 0.4) is 0 Å². The van der Waals surface area contributed by atoms with E-state index in [1.54, 1.807) is 18.2 Å². The second-order valence-corrected chi connectivity index (χ2v) is 5.38. The minimum atomic E-state index is -1.15. The number of hydrogen-bond acceptors (Lipinski definition) is 3. The van der Waals surface area contributed by atoms with Crippen molar-refractivity contribution in [1.29, 1.82) is 0 Å².